The predicted molar refractivity (Wildman–Crippen MR) is 111 cm³/mol. The third-order valence-corrected chi connectivity index (χ3v) is 6.41. The number of hydrogen-bond donors (Lipinski definition) is 0. The molecular weight excluding hydrogens is 376 g/mol. The van der Waals surface area contributed by atoms with Crippen molar-refractivity contribution in [1.82, 2.24) is 4.90 Å². The first kappa shape index (κ1) is 20.4. The SMILES string of the molecule is COC(C)CN1Cc2cc(-c3cccc(N(C)S(C)(=O)=O)c3)cc(C)c2C1=O. The highest BCUT2D eigenvalue weighted by molar-refractivity contribution is 7.92. The maximum Gasteiger partial charge on any atom is 0.254 e. The lowest BCUT2D eigenvalue weighted by Gasteiger charge is -2.19. The molecule has 0 saturated carbocycles. The average molecular weight is 403 g/mol. The van der Waals surface area contributed by atoms with Crippen molar-refractivity contribution in [1.29, 1.82) is 0 Å². The van der Waals surface area contributed by atoms with Crippen molar-refractivity contribution in [2.24, 2.45) is 0 Å². The minimum absolute atomic E-state index is 0.0266. The van der Waals surface area contributed by atoms with Crippen LogP contribution in [0.2, 0.25) is 0 Å². The molecule has 1 heterocycles. The Balaban J connectivity index is 1.97. The Kier molecular flexibility index (Phi) is 5.50. The van der Waals surface area contributed by atoms with E-state index in [0.29, 0.717) is 18.8 Å². The summed E-state index contributed by atoms with van der Waals surface area (Å²) in [7, 11) is -0.152. The molecule has 28 heavy (non-hydrogen) atoms. The van der Waals surface area contributed by atoms with E-state index in [4.69, 9.17) is 4.74 Å². The number of benzene rings is 2. The number of carbonyl (C=O) groups excluding carboxylic acids is 1. The summed E-state index contributed by atoms with van der Waals surface area (Å²) in [5.74, 6) is 0.0357. The highest BCUT2D eigenvalue weighted by atomic mass is 32.2. The van der Waals surface area contributed by atoms with Crippen LogP contribution in [0.25, 0.3) is 11.1 Å². The molecule has 1 unspecified atom stereocenters. The van der Waals surface area contributed by atoms with E-state index in [1.807, 2.05) is 49.1 Å². The molecule has 2 aromatic carbocycles. The molecule has 0 radical (unpaired) electrons. The zero-order chi connectivity index (χ0) is 20.6. The number of hydrogen-bond acceptors (Lipinski definition) is 4. The molecule has 1 aliphatic heterocycles. The van der Waals surface area contributed by atoms with Crippen LogP contribution < -0.4 is 4.31 Å². The van der Waals surface area contributed by atoms with Gasteiger partial charge in [0, 0.05) is 32.8 Å². The second-order valence-electron chi connectivity index (χ2n) is 7.34. The highest BCUT2D eigenvalue weighted by Gasteiger charge is 2.30. The van der Waals surface area contributed by atoms with Crippen molar-refractivity contribution < 1.29 is 17.9 Å². The van der Waals surface area contributed by atoms with Crippen LogP contribution in [-0.4, -0.2) is 52.3 Å². The highest BCUT2D eigenvalue weighted by Crippen LogP contribution is 2.33. The van der Waals surface area contributed by atoms with Gasteiger partial charge in [-0.25, -0.2) is 8.42 Å². The fourth-order valence-corrected chi connectivity index (χ4v) is 3.99. The summed E-state index contributed by atoms with van der Waals surface area (Å²) in [4.78, 5) is 14.6. The van der Waals surface area contributed by atoms with Crippen molar-refractivity contribution in [3.05, 3.63) is 53.1 Å². The third-order valence-electron chi connectivity index (χ3n) is 5.20. The lowest BCUT2D eigenvalue weighted by atomic mass is 9.96. The normalized spacial score (nSPS) is 14.9. The number of amides is 1. The van der Waals surface area contributed by atoms with Crippen molar-refractivity contribution in [3.63, 3.8) is 0 Å². The van der Waals surface area contributed by atoms with E-state index >= 15 is 0 Å². The van der Waals surface area contributed by atoms with Gasteiger partial charge in [0.05, 0.1) is 18.0 Å². The topological polar surface area (TPSA) is 66.9 Å². The molecule has 0 fully saturated rings. The molecule has 6 nitrogen and oxygen atoms in total. The van der Waals surface area contributed by atoms with Gasteiger partial charge in [0.15, 0.2) is 0 Å². The first-order valence-electron chi connectivity index (χ1n) is 9.11. The van der Waals surface area contributed by atoms with E-state index in [0.717, 1.165) is 27.8 Å². The zero-order valence-corrected chi connectivity index (χ0v) is 17.7. The Bertz CT molecular complexity index is 1020. The van der Waals surface area contributed by atoms with E-state index < -0.39 is 10.0 Å². The van der Waals surface area contributed by atoms with Gasteiger partial charge < -0.3 is 9.64 Å². The second kappa shape index (κ2) is 7.56. The molecule has 0 aliphatic carbocycles. The Morgan fingerprint density at radius 3 is 2.57 bits per heavy atom. The smallest absolute Gasteiger partial charge is 0.254 e. The standard InChI is InChI=1S/C21H26N2O4S/c1-14-9-17(16-7-6-8-19(11-16)22(3)28(5,25)26)10-18-13-23(12-15(2)27-4)21(24)20(14)18/h6-11,15H,12-13H2,1-5H3. The van der Waals surface area contributed by atoms with Crippen LogP contribution in [-0.2, 0) is 21.3 Å². The van der Waals surface area contributed by atoms with Gasteiger partial charge in [-0.15, -0.1) is 0 Å². The molecule has 0 N–H and O–H groups in total. The lowest BCUT2D eigenvalue weighted by molar-refractivity contribution is 0.0558. The maximum atomic E-state index is 12.8. The number of rotatable bonds is 6. The number of anilines is 1. The fraction of sp³-hybridized carbons (Fsp3) is 0.381. The molecule has 7 heteroatoms. The largest absolute Gasteiger partial charge is 0.380 e. The molecular formula is C21H26N2O4S. The van der Waals surface area contributed by atoms with E-state index in [9.17, 15) is 13.2 Å². The summed E-state index contributed by atoms with van der Waals surface area (Å²) in [5, 5.41) is 0. The molecule has 0 saturated heterocycles. The van der Waals surface area contributed by atoms with Crippen LogP contribution in [0, 0.1) is 6.92 Å². The minimum atomic E-state index is -3.33. The van der Waals surface area contributed by atoms with Gasteiger partial charge in [-0.05, 0) is 54.3 Å². The summed E-state index contributed by atoms with van der Waals surface area (Å²) < 4.78 is 30.2. The van der Waals surface area contributed by atoms with Crippen LogP contribution in [0.4, 0.5) is 5.69 Å². The molecule has 0 spiro atoms. The minimum Gasteiger partial charge on any atom is -0.380 e. The number of sulfonamides is 1. The van der Waals surface area contributed by atoms with Gasteiger partial charge in [-0.1, -0.05) is 18.2 Å². The summed E-state index contributed by atoms with van der Waals surface area (Å²) in [6, 6.07) is 11.4. The van der Waals surface area contributed by atoms with E-state index in [2.05, 4.69) is 0 Å². The average Bonchev–Trinajstić information content (AvgIpc) is 2.96. The number of methoxy groups -OCH3 is 1. The van der Waals surface area contributed by atoms with Gasteiger partial charge in [0.2, 0.25) is 10.0 Å². The number of aryl methyl sites for hydroxylation is 1. The zero-order valence-electron chi connectivity index (χ0n) is 16.9. The van der Waals surface area contributed by atoms with E-state index in [-0.39, 0.29) is 12.0 Å². The van der Waals surface area contributed by atoms with E-state index in [1.54, 1.807) is 13.2 Å². The Morgan fingerprint density at radius 2 is 1.93 bits per heavy atom. The predicted octanol–water partition coefficient (Wildman–Crippen LogP) is 3.05. The first-order valence-corrected chi connectivity index (χ1v) is 11.0. The number of nitrogens with zero attached hydrogens (tertiary/aromatic N) is 2. The van der Waals surface area contributed by atoms with Crippen LogP contribution in [0.1, 0.15) is 28.4 Å². The molecule has 0 aromatic heterocycles. The van der Waals surface area contributed by atoms with Crippen molar-refractivity contribution in [3.8, 4) is 11.1 Å². The quantitative estimate of drug-likeness (QED) is 0.745. The van der Waals surface area contributed by atoms with Crippen molar-refractivity contribution in [2.45, 2.75) is 26.5 Å². The van der Waals surface area contributed by atoms with Crippen molar-refractivity contribution >= 4 is 21.6 Å². The Morgan fingerprint density at radius 1 is 1.21 bits per heavy atom. The third kappa shape index (κ3) is 3.91. The van der Waals surface area contributed by atoms with Gasteiger partial charge >= 0.3 is 0 Å². The van der Waals surface area contributed by atoms with E-state index in [1.165, 1.54) is 17.6 Å². The molecule has 1 aliphatic rings. The summed E-state index contributed by atoms with van der Waals surface area (Å²) in [6.07, 6.45) is 1.15. The Labute approximate surface area is 166 Å². The van der Waals surface area contributed by atoms with Gasteiger partial charge in [0.25, 0.3) is 5.91 Å². The van der Waals surface area contributed by atoms with Crippen LogP contribution >= 0.6 is 0 Å². The van der Waals surface area contributed by atoms with Crippen LogP contribution in [0.3, 0.4) is 0 Å². The molecule has 3 rings (SSSR count). The molecule has 1 atom stereocenters. The van der Waals surface area contributed by atoms with Crippen molar-refractivity contribution in [2.75, 3.05) is 31.3 Å². The fourth-order valence-electron chi connectivity index (χ4n) is 3.50. The van der Waals surface area contributed by atoms with Gasteiger partial charge in [-0.2, -0.15) is 0 Å². The van der Waals surface area contributed by atoms with Crippen LogP contribution in [0.5, 0.6) is 0 Å². The Hall–Kier alpha value is -2.38. The van der Waals surface area contributed by atoms with Gasteiger partial charge in [0.1, 0.15) is 0 Å². The molecule has 150 valence electrons. The maximum absolute atomic E-state index is 12.8. The number of ether oxygens (including phenoxy) is 1. The first-order chi connectivity index (χ1) is 13.1. The van der Waals surface area contributed by atoms with Crippen LogP contribution in [0.15, 0.2) is 36.4 Å². The van der Waals surface area contributed by atoms with Gasteiger partial charge in [-0.3, -0.25) is 9.10 Å². The number of fused-ring (bicyclic) bond motifs is 1. The summed E-state index contributed by atoms with van der Waals surface area (Å²) >= 11 is 0. The summed E-state index contributed by atoms with van der Waals surface area (Å²) in [6.45, 7) is 4.99. The number of carbonyl (C=O) groups is 1. The molecule has 0 bridgehead atoms. The second-order valence-corrected chi connectivity index (χ2v) is 9.35. The monoisotopic (exact) mass is 402 g/mol. The lowest BCUT2D eigenvalue weighted by Crippen LogP contribution is -2.32. The summed E-state index contributed by atoms with van der Waals surface area (Å²) in [5.41, 5.74) is 5.16. The molecule has 1 amide bonds. The molecule has 2 aromatic rings.